The zero-order chi connectivity index (χ0) is 20.2. The Morgan fingerprint density at radius 3 is 2.15 bits per heavy atom. The number of ether oxygens (including phenoxy) is 1. The van der Waals surface area contributed by atoms with E-state index >= 15 is 0 Å². The van der Waals surface area contributed by atoms with Crippen molar-refractivity contribution in [1.29, 1.82) is 0 Å². The molecule has 0 unspecified atom stereocenters. The summed E-state index contributed by atoms with van der Waals surface area (Å²) in [5.74, 6) is -0.340. The van der Waals surface area contributed by atoms with E-state index in [2.05, 4.69) is 10.0 Å². The number of carbonyl (C=O) groups is 2. The van der Waals surface area contributed by atoms with Crippen LogP contribution in [0, 0.1) is 5.92 Å². The van der Waals surface area contributed by atoms with Crippen LogP contribution in [0.3, 0.4) is 0 Å². The molecule has 1 fully saturated rings. The second-order valence-electron chi connectivity index (χ2n) is 7.46. The summed E-state index contributed by atoms with van der Waals surface area (Å²) in [4.78, 5) is 26.3. The van der Waals surface area contributed by atoms with E-state index in [1.807, 2.05) is 20.8 Å². The third-order valence-corrected chi connectivity index (χ3v) is 5.65. The molecule has 150 valence electrons. The number of sulfonamides is 1. The number of amides is 2. The van der Waals surface area contributed by atoms with E-state index in [0.29, 0.717) is 31.6 Å². The Bertz CT molecular complexity index is 776. The fourth-order valence-corrected chi connectivity index (χ4v) is 3.46. The summed E-state index contributed by atoms with van der Waals surface area (Å²) in [6, 6.07) is 5.98. The van der Waals surface area contributed by atoms with Gasteiger partial charge in [0.2, 0.25) is 15.9 Å². The van der Waals surface area contributed by atoms with Crippen molar-refractivity contribution in [3.63, 3.8) is 0 Å². The highest BCUT2D eigenvalue weighted by Crippen LogP contribution is 2.22. The normalized spacial score (nSPS) is 16.1. The zero-order valence-corrected chi connectivity index (χ0v) is 16.9. The molecular formula is C18H27N3O5S. The molecule has 1 aromatic rings. The molecule has 0 atom stereocenters. The van der Waals surface area contributed by atoms with Crippen LogP contribution in [-0.2, 0) is 19.6 Å². The third-order valence-electron chi connectivity index (χ3n) is 4.22. The van der Waals surface area contributed by atoms with Gasteiger partial charge in [0.05, 0.1) is 4.90 Å². The highest BCUT2D eigenvalue weighted by molar-refractivity contribution is 7.89. The Balaban J connectivity index is 1.88. The number of anilines is 1. The first-order chi connectivity index (χ1) is 12.5. The standard InChI is InChI=1S/C18H27N3O5S/c1-18(2,3)26-17(23)21-11-9-13(10-12-21)16(22)20-14-5-7-15(8-6-14)27(24,25)19-4/h5-8,13,19H,9-12H2,1-4H3,(H,20,22). The van der Waals surface area contributed by atoms with Gasteiger partial charge in [0.25, 0.3) is 0 Å². The molecule has 1 heterocycles. The summed E-state index contributed by atoms with van der Waals surface area (Å²) in [5, 5.41) is 2.80. The largest absolute Gasteiger partial charge is 0.444 e. The van der Waals surface area contributed by atoms with E-state index in [1.165, 1.54) is 19.2 Å². The molecule has 2 rings (SSSR count). The Hall–Kier alpha value is -2.13. The van der Waals surface area contributed by atoms with Crippen molar-refractivity contribution >= 4 is 27.7 Å². The lowest BCUT2D eigenvalue weighted by molar-refractivity contribution is -0.121. The SMILES string of the molecule is CNS(=O)(=O)c1ccc(NC(=O)C2CCN(C(=O)OC(C)(C)C)CC2)cc1. The van der Waals surface area contributed by atoms with E-state index < -0.39 is 15.6 Å². The molecule has 2 N–H and O–H groups in total. The molecule has 1 aliphatic rings. The highest BCUT2D eigenvalue weighted by atomic mass is 32.2. The molecule has 0 saturated carbocycles. The number of likely N-dealkylation sites (tertiary alicyclic amines) is 1. The van der Waals surface area contributed by atoms with Crippen LogP contribution in [0.2, 0.25) is 0 Å². The Labute approximate surface area is 160 Å². The van der Waals surface area contributed by atoms with Gasteiger partial charge >= 0.3 is 6.09 Å². The van der Waals surface area contributed by atoms with Gasteiger partial charge in [0.1, 0.15) is 5.60 Å². The maximum Gasteiger partial charge on any atom is 0.410 e. The van der Waals surface area contributed by atoms with Crippen molar-refractivity contribution in [2.45, 2.75) is 44.1 Å². The average molecular weight is 397 g/mol. The van der Waals surface area contributed by atoms with Gasteiger partial charge in [-0.1, -0.05) is 0 Å². The predicted octanol–water partition coefficient (Wildman–Crippen LogP) is 2.18. The quantitative estimate of drug-likeness (QED) is 0.810. The van der Waals surface area contributed by atoms with Gasteiger partial charge in [0.15, 0.2) is 0 Å². The van der Waals surface area contributed by atoms with Gasteiger partial charge in [-0.2, -0.15) is 0 Å². The summed E-state index contributed by atoms with van der Waals surface area (Å²) in [6.45, 7) is 6.38. The number of carbonyl (C=O) groups excluding carboxylic acids is 2. The second kappa shape index (κ2) is 8.26. The first-order valence-electron chi connectivity index (χ1n) is 8.84. The predicted molar refractivity (Wildman–Crippen MR) is 102 cm³/mol. The van der Waals surface area contributed by atoms with E-state index in [-0.39, 0.29) is 22.8 Å². The topological polar surface area (TPSA) is 105 Å². The fourth-order valence-electron chi connectivity index (χ4n) is 2.73. The summed E-state index contributed by atoms with van der Waals surface area (Å²) >= 11 is 0. The van der Waals surface area contributed by atoms with Gasteiger partial charge in [-0.25, -0.2) is 17.9 Å². The Morgan fingerprint density at radius 1 is 1.11 bits per heavy atom. The molecule has 2 amide bonds. The maximum absolute atomic E-state index is 12.4. The summed E-state index contributed by atoms with van der Waals surface area (Å²) in [6.07, 6.45) is 0.747. The van der Waals surface area contributed by atoms with E-state index in [9.17, 15) is 18.0 Å². The van der Waals surface area contributed by atoms with Gasteiger partial charge < -0.3 is 15.0 Å². The number of piperidine rings is 1. The smallest absolute Gasteiger partial charge is 0.410 e. The van der Waals surface area contributed by atoms with Crippen LogP contribution in [-0.4, -0.2) is 51.1 Å². The molecule has 1 saturated heterocycles. The number of hydrogen-bond donors (Lipinski definition) is 2. The van der Waals surface area contributed by atoms with Crippen molar-refractivity contribution in [1.82, 2.24) is 9.62 Å². The van der Waals surface area contributed by atoms with Crippen molar-refractivity contribution in [2.75, 3.05) is 25.5 Å². The van der Waals surface area contributed by atoms with Gasteiger partial charge in [0, 0.05) is 24.7 Å². The minimum atomic E-state index is -3.50. The lowest BCUT2D eigenvalue weighted by atomic mass is 9.96. The van der Waals surface area contributed by atoms with Gasteiger partial charge in [-0.15, -0.1) is 0 Å². The van der Waals surface area contributed by atoms with Crippen LogP contribution in [0.5, 0.6) is 0 Å². The minimum absolute atomic E-state index is 0.133. The Kier molecular flexibility index (Phi) is 6.48. The third kappa shape index (κ3) is 5.93. The summed E-state index contributed by atoms with van der Waals surface area (Å²) in [7, 11) is -2.16. The number of rotatable bonds is 4. The number of nitrogens with one attached hydrogen (secondary N) is 2. The molecule has 0 radical (unpaired) electrons. The molecule has 0 aliphatic carbocycles. The van der Waals surface area contributed by atoms with Crippen LogP contribution in [0.15, 0.2) is 29.2 Å². The first-order valence-corrected chi connectivity index (χ1v) is 10.3. The fraction of sp³-hybridized carbons (Fsp3) is 0.556. The lowest BCUT2D eigenvalue weighted by Crippen LogP contribution is -2.43. The van der Waals surface area contributed by atoms with Crippen molar-refractivity contribution < 1.29 is 22.7 Å². The van der Waals surface area contributed by atoms with Crippen molar-refractivity contribution in [3.8, 4) is 0 Å². The molecular weight excluding hydrogens is 370 g/mol. The summed E-state index contributed by atoms with van der Waals surface area (Å²) in [5.41, 5.74) is -0.0113. The van der Waals surface area contributed by atoms with Crippen LogP contribution in [0.4, 0.5) is 10.5 Å². The van der Waals surface area contributed by atoms with Gasteiger partial charge in [-0.05, 0) is 64.9 Å². The van der Waals surface area contributed by atoms with Crippen molar-refractivity contribution in [2.24, 2.45) is 5.92 Å². The van der Waals surface area contributed by atoms with E-state index in [0.717, 1.165) is 0 Å². The van der Waals surface area contributed by atoms with Crippen molar-refractivity contribution in [3.05, 3.63) is 24.3 Å². The van der Waals surface area contributed by atoms with Gasteiger partial charge in [-0.3, -0.25) is 4.79 Å². The van der Waals surface area contributed by atoms with Crippen LogP contribution < -0.4 is 10.0 Å². The zero-order valence-electron chi connectivity index (χ0n) is 16.1. The number of nitrogens with zero attached hydrogens (tertiary/aromatic N) is 1. The molecule has 1 aliphatic heterocycles. The average Bonchev–Trinajstić information content (AvgIpc) is 2.61. The number of hydrogen-bond acceptors (Lipinski definition) is 5. The summed E-state index contributed by atoms with van der Waals surface area (Å²) < 4.78 is 31.0. The molecule has 0 aromatic heterocycles. The van der Waals surface area contributed by atoms with Crippen LogP contribution in [0.25, 0.3) is 0 Å². The molecule has 1 aromatic carbocycles. The van der Waals surface area contributed by atoms with E-state index in [1.54, 1.807) is 17.0 Å². The second-order valence-corrected chi connectivity index (χ2v) is 9.35. The first kappa shape index (κ1) is 21.2. The highest BCUT2D eigenvalue weighted by Gasteiger charge is 2.30. The molecule has 27 heavy (non-hydrogen) atoms. The lowest BCUT2D eigenvalue weighted by Gasteiger charge is -2.32. The molecule has 0 bridgehead atoms. The minimum Gasteiger partial charge on any atom is -0.444 e. The van der Waals surface area contributed by atoms with E-state index in [4.69, 9.17) is 4.74 Å². The molecule has 9 heteroatoms. The van der Waals surface area contributed by atoms with Crippen LogP contribution in [0.1, 0.15) is 33.6 Å². The maximum atomic E-state index is 12.4. The molecule has 0 spiro atoms. The Morgan fingerprint density at radius 2 is 1.67 bits per heavy atom. The number of benzene rings is 1. The van der Waals surface area contributed by atoms with Crippen LogP contribution >= 0.6 is 0 Å². The monoisotopic (exact) mass is 397 g/mol. The molecule has 8 nitrogen and oxygen atoms in total.